The number of carboxylic acid groups (broad SMARTS) is 1. The summed E-state index contributed by atoms with van der Waals surface area (Å²) in [5, 5.41) is 18.7. The molecule has 1 N–H and O–H groups in total. The fraction of sp³-hybridized carbons (Fsp3) is 0.565. The summed E-state index contributed by atoms with van der Waals surface area (Å²) in [6.07, 6.45) is 13.8. The van der Waals surface area contributed by atoms with E-state index in [0.29, 0.717) is 0 Å². The molecule has 0 aliphatic rings. The van der Waals surface area contributed by atoms with Gasteiger partial charge in [0.2, 0.25) is 0 Å². The van der Waals surface area contributed by atoms with Crippen LogP contribution < -0.4 is 34.7 Å². The number of ether oxygens (including phenoxy) is 1. The number of benzene rings is 1. The molecule has 1 aromatic rings. The monoisotopic (exact) mass is 414 g/mol. The van der Waals surface area contributed by atoms with Crippen molar-refractivity contribution in [1.29, 1.82) is 0 Å². The van der Waals surface area contributed by atoms with Gasteiger partial charge in [-0.2, -0.15) is 0 Å². The van der Waals surface area contributed by atoms with Crippen LogP contribution in [-0.2, 0) is 20.9 Å². The Kier molecular flexibility index (Phi) is 24.0. The molecule has 0 saturated heterocycles. The maximum Gasteiger partial charge on any atom is 1.00 e. The predicted octanol–water partition coefficient (Wildman–Crippen LogP) is 1.29. The van der Waals surface area contributed by atoms with Crippen LogP contribution in [0.1, 0.15) is 83.1 Å². The molecule has 5 nitrogen and oxygen atoms in total. The summed E-state index contributed by atoms with van der Waals surface area (Å²) in [7, 11) is 0. The number of unbranched alkanes of at least 4 members (excludes halogenated alkanes) is 8. The summed E-state index contributed by atoms with van der Waals surface area (Å²) in [5.74, 6) is -1.76. The molecule has 0 bridgehead atoms. The van der Waals surface area contributed by atoms with E-state index < -0.39 is 11.9 Å². The number of esters is 1. The number of rotatable bonds is 14. The van der Waals surface area contributed by atoms with Gasteiger partial charge in [0.25, 0.3) is 0 Å². The molecule has 6 heteroatoms. The molecule has 0 unspecified atom stereocenters. The first-order valence-corrected chi connectivity index (χ1v) is 10.3. The molecule has 0 heterocycles. The smallest absolute Gasteiger partial charge is 0.550 e. The molecule has 158 valence electrons. The number of carboxylic acids is 1. The zero-order valence-corrected chi connectivity index (χ0v) is 20.1. The SMILES string of the molecule is CCCCCCCCCCC=COC(=O)CCC(=O)[O-].OCc1ccccc1.[Na+]. The van der Waals surface area contributed by atoms with Gasteiger partial charge in [0.15, 0.2) is 0 Å². The standard InChI is InChI=1S/C16H28O4.C7H8O.Na/c1-2-3-4-5-6-7-8-9-10-11-14-20-16(19)13-12-15(17)18;8-6-7-4-2-1-3-5-7;/h11,14H,2-10,12-13H2,1H3,(H,17,18);1-5,8H,6H2;/q;;+1/p-1. The van der Waals surface area contributed by atoms with Crippen molar-refractivity contribution >= 4 is 11.9 Å². The van der Waals surface area contributed by atoms with Crippen molar-refractivity contribution < 1.29 is 54.1 Å². The minimum Gasteiger partial charge on any atom is -0.550 e. The fourth-order valence-electron chi connectivity index (χ4n) is 2.43. The number of aliphatic hydroxyl groups excluding tert-OH is 1. The van der Waals surface area contributed by atoms with Crippen molar-refractivity contribution in [2.24, 2.45) is 0 Å². The molecule has 0 aromatic heterocycles. The number of hydrogen-bond acceptors (Lipinski definition) is 5. The van der Waals surface area contributed by atoms with Crippen LogP contribution in [0.5, 0.6) is 0 Å². The van der Waals surface area contributed by atoms with E-state index >= 15 is 0 Å². The van der Waals surface area contributed by atoms with Gasteiger partial charge in [0.05, 0.1) is 19.3 Å². The molecule has 1 rings (SSSR count). The van der Waals surface area contributed by atoms with Crippen LogP contribution in [0.25, 0.3) is 0 Å². The second-order valence-corrected chi connectivity index (χ2v) is 6.64. The average Bonchev–Trinajstić information content (AvgIpc) is 2.71. The van der Waals surface area contributed by atoms with Gasteiger partial charge in [-0.3, -0.25) is 4.79 Å². The summed E-state index contributed by atoms with van der Waals surface area (Å²) < 4.78 is 4.75. The Morgan fingerprint density at radius 1 is 0.966 bits per heavy atom. The van der Waals surface area contributed by atoms with Gasteiger partial charge in [-0.1, -0.05) is 82.2 Å². The number of allylic oxidation sites excluding steroid dienone is 1. The van der Waals surface area contributed by atoms with Gasteiger partial charge in [0, 0.05) is 5.97 Å². The summed E-state index contributed by atoms with van der Waals surface area (Å²) in [4.78, 5) is 21.2. The van der Waals surface area contributed by atoms with Gasteiger partial charge in [-0.05, 0) is 30.9 Å². The molecule has 0 amide bonds. The summed E-state index contributed by atoms with van der Waals surface area (Å²) in [5.41, 5.74) is 0.965. The molecule has 0 atom stereocenters. The third-order valence-electron chi connectivity index (χ3n) is 4.08. The van der Waals surface area contributed by atoms with E-state index in [9.17, 15) is 14.7 Å². The molecule has 0 aliphatic carbocycles. The van der Waals surface area contributed by atoms with Gasteiger partial charge < -0.3 is 19.7 Å². The molecule has 0 aliphatic heterocycles. The van der Waals surface area contributed by atoms with Crippen molar-refractivity contribution in [3.8, 4) is 0 Å². The van der Waals surface area contributed by atoms with E-state index in [1.165, 1.54) is 51.2 Å². The van der Waals surface area contributed by atoms with Gasteiger partial charge in [0.1, 0.15) is 0 Å². The van der Waals surface area contributed by atoms with E-state index in [1.807, 2.05) is 36.4 Å². The first-order chi connectivity index (χ1) is 13.6. The second-order valence-electron chi connectivity index (χ2n) is 6.64. The van der Waals surface area contributed by atoms with Crippen molar-refractivity contribution in [2.45, 2.75) is 84.2 Å². The Hall–Kier alpha value is -1.14. The van der Waals surface area contributed by atoms with E-state index in [1.54, 1.807) is 0 Å². The van der Waals surface area contributed by atoms with Crippen molar-refractivity contribution in [3.63, 3.8) is 0 Å². The van der Waals surface area contributed by atoms with Crippen molar-refractivity contribution in [3.05, 3.63) is 48.2 Å². The predicted molar refractivity (Wildman–Crippen MR) is 109 cm³/mol. The minimum atomic E-state index is -1.23. The van der Waals surface area contributed by atoms with Crippen LogP contribution in [-0.4, -0.2) is 17.0 Å². The molecular formula is C23H35NaO5. The molecule has 1 aromatic carbocycles. The van der Waals surface area contributed by atoms with Crippen molar-refractivity contribution in [2.75, 3.05) is 0 Å². The van der Waals surface area contributed by atoms with Gasteiger partial charge >= 0.3 is 35.5 Å². The normalized spacial score (nSPS) is 10.0. The Bertz CT molecular complexity index is 531. The zero-order valence-electron chi connectivity index (χ0n) is 18.1. The van der Waals surface area contributed by atoms with Crippen LogP contribution in [0.15, 0.2) is 42.7 Å². The number of carbonyl (C=O) groups excluding carboxylic acids is 2. The first-order valence-electron chi connectivity index (χ1n) is 10.3. The van der Waals surface area contributed by atoms with Crippen LogP contribution in [0.3, 0.4) is 0 Å². The maximum atomic E-state index is 11.0. The average molecular weight is 415 g/mol. The molecule has 0 spiro atoms. The zero-order chi connectivity index (χ0) is 20.9. The number of hydrogen-bond donors (Lipinski definition) is 1. The van der Waals surface area contributed by atoms with Crippen LogP contribution in [0.4, 0.5) is 0 Å². The molecule has 29 heavy (non-hydrogen) atoms. The Morgan fingerprint density at radius 2 is 1.55 bits per heavy atom. The Balaban J connectivity index is 0. The third kappa shape index (κ3) is 23.0. The van der Waals surface area contributed by atoms with E-state index in [-0.39, 0.29) is 49.0 Å². The number of aliphatic hydroxyl groups is 1. The molecule has 0 fully saturated rings. The van der Waals surface area contributed by atoms with E-state index in [4.69, 9.17) is 9.84 Å². The topological polar surface area (TPSA) is 86.7 Å². The minimum absolute atomic E-state index is 0. The van der Waals surface area contributed by atoms with E-state index in [0.717, 1.165) is 18.4 Å². The van der Waals surface area contributed by atoms with Crippen molar-refractivity contribution in [1.82, 2.24) is 0 Å². The van der Waals surface area contributed by atoms with Crippen LogP contribution in [0, 0.1) is 0 Å². The molecule has 0 radical (unpaired) electrons. The summed E-state index contributed by atoms with van der Waals surface area (Å²) in [6, 6.07) is 9.52. The summed E-state index contributed by atoms with van der Waals surface area (Å²) >= 11 is 0. The van der Waals surface area contributed by atoms with E-state index in [2.05, 4.69) is 6.92 Å². The molecular weight excluding hydrogens is 379 g/mol. The second kappa shape index (κ2) is 23.1. The maximum absolute atomic E-state index is 11.0. The molecule has 0 saturated carbocycles. The third-order valence-corrected chi connectivity index (χ3v) is 4.08. The summed E-state index contributed by atoms with van der Waals surface area (Å²) in [6.45, 7) is 2.36. The quantitative estimate of drug-likeness (QED) is 0.215. The first kappa shape index (κ1) is 30.1. The largest absolute Gasteiger partial charge is 1.00 e. The van der Waals surface area contributed by atoms with Crippen LogP contribution >= 0.6 is 0 Å². The number of carbonyl (C=O) groups is 2. The fourth-order valence-corrected chi connectivity index (χ4v) is 2.43. The number of aliphatic carboxylic acids is 1. The van der Waals surface area contributed by atoms with Gasteiger partial charge in [-0.25, -0.2) is 0 Å². The van der Waals surface area contributed by atoms with Gasteiger partial charge in [-0.15, -0.1) is 0 Å². The Labute approximate surface area is 197 Å². The van der Waals surface area contributed by atoms with Crippen LogP contribution in [0.2, 0.25) is 0 Å². The Morgan fingerprint density at radius 3 is 2.07 bits per heavy atom.